The number of alkyl halides is 1. The van der Waals surface area contributed by atoms with E-state index in [0.29, 0.717) is 12.3 Å². The van der Waals surface area contributed by atoms with E-state index in [0.717, 1.165) is 30.4 Å². The summed E-state index contributed by atoms with van der Waals surface area (Å²) >= 11 is 0. The van der Waals surface area contributed by atoms with Crippen LogP contribution in [0.25, 0.3) is 0 Å². The van der Waals surface area contributed by atoms with E-state index in [4.69, 9.17) is 4.74 Å². The fourth-order valence-corrected chi connectivity index (χ4v) is 5.00. The van der Waals surface area contributed by atoms with Crippen molar-refractivity contribution in [2.45, 2.75) is 103 Å². The first-order chi connectivity index (χ1) is 13.7. The topological polar surface area (TPSA) is 9.23 Å². The molecule has 1 aliphatic rings. The molecule has 0 radical (unpaired) electrons. The number of hydrogen-bond donors (Lipinski definition) is 0. The minimum absolute atomic E-state index is 0.192. The molecule has 1 saturated carbocycles. The second-order valence-electron chi connectivity index (χ2n) is 8.99. The van der Waals surface area contributed by atoms with E-state index in [2.05, 4.69) is 13.8 Å². The number of benzene rings is 1. The first-order valence-electron chi connectivity index (χ1n) is 12.0. The summed E-state index contributed by atoms with van der Waals surface area (Å²) in [5, 5.41) is 0. The molecule has 2 rings (SSSR count). The monoisotopic (exact) mass is 390 g/mol. The first-order valence-corrected chi connectivity index (χ1v) is 12.0. The lowest BCUT2D eigenvalue weighted by Crippen LogP contribution is -2.26. The van der Waals surface area contributed by atoms with Crippen LogP contribution in [0.3, 0.4) is 0 Å². The van der Waals surface area contributed by atoms with Gasteiger partial charge in [0.25, 0.3) is 0 Å². The Bertz CT molecular complexity index is 480. The number of halogens is 1. The van der Waals surface area contributed by atoms with Gasteiger partial charge in [0, 0.05) is 0 Å². The fraction of sp³-hybridized carbons (Fsp3) is 0.769. The molecular formula is C26H43FO. The molecule has 1 aromatic rings. The molecule has 0 spiro atoms. The largest absolute Gasteiger partial charge is 0.491 e. The number of ether oxygens (including phenoxy) is 1. The highest BCUT2D eigenvalue weighted by molar-refractivity contribution is 5.20. The standard InChI is InChI=1S/C26H43FO/c1-3-5-6-7-9-13-22-16-18-23(19-17-22)24(12-4-2)20-25(27)21-28-26-14-10-8-11-15-26/h8,10-11,14-15,22-25H,3-7,9,12-13,16-21H2,1-2H3. The highest BCUT2D eigenvalue weighted by Crippen LogP contribution is 2.39. The third kappa shape index (κ3) is 8.97. The summed E-state index contributed by atoms with van der Waals surface area (Å²) in [6.45, 7) is 4.71. The Balaban J connectivity index is 1.68. The zero-order chi connectivity index (χ0) is 20.0. The first kappa shape index (κ1) is 23.2. The van der Waals surface area contributed by atoms with Crippen LogP contribution in [0.4, 0.5) is 4.39 Å². The Morgan fingerprint density at radius 3 is 2.32 bits per heavy atom. The minimum atomic E-state index is -0.854. The van der Waals surface area contributed by atoms with E-state index in [1.54, 1.807) is 0 Å². The number of para-hydroxylation sites is 1. The molecule has 160 valence electrons. The minimum Gasteiger partial charge on any atom is -0.491 e. The molecule has 0 heterocycles. The maximum atomic E-state index is 14.6. The van der Waals surface area contributed by atoms with Crippen LogP contribution in [0.1, 0.15) is 97.3 Å². The van der Waals surface area contributed by atoms with Crippen molar-refractivity contribution in [3.05, 3.63) is 30.3 Å². The van der Waals surface area contributed by atoms with Crippen molar-refractivity contribution in [1.82, 2.24) is 0 Å². The molecule has 2 unspecified atom stereocenters. The van der Waals surface area contributed by atoms with Crippen LogP contribution >= 0.6 is 0 Å². The van der Waals surface area contributed by atoms with Crippen molar-refractivity contribution in [2.24, 2.45) is 17.8 Å². The average Bonchev–Trinajstić information content (AvgIpc) is 2.73. The van der Waals surface area contributed by atoms with Gasteiger partial charge < -0.3 is 4.74 Å². The van der Waals surface area contributed by atoms with E-state index in [1.807, 2.05) is 30.3 Å². The van der Waals surface area contributed by atoms with Gasteiger partial charge in [-0.25, -0.2) is 4.39 Å². The Kier molecular flexibility index (Phi) is 11.6. The molecule has 0 saturated heterocycles. The molecular weight excluding hydrogens is 347 g/mol. The van der Waals surface area contributed by atoms with E-state index in [9.17, 15) is 4.39 Å². The summed E-state index contributed by atoms with van der Waals surface area (Å²) in [6.07, 6.45) is 15.9. The van der Waals surface area contributed by atoms with Crippen LogP contribution in [0.5, 0.6) is 5.75 Å². The molecule has 1 fully saturated rings. The highest BCUT2D eigenvalue weighted by atomic mass is 19.1. The summed E-state index contributed by atoms with van der Waals surface area (Å²) in [6, 6.07) is 9.63. The smallest absolute Gasteiger partial charge is 0.134 e. The summed E-state index contributed by atoms with van der Waals surface area (Å²) < 4.78 is 20.3. The molecule has 1 aromatic carbocycles. The van der Waals surface area contributed by atoms with Gasteiger partial charge in [0.05, 0.1) is 0 Å². The van der Waals surface area contributed by atoms with Gasteiger partial charge in [-0.15, -0.1) is 0 Å². The maximum Gasteiger partial charge on any atom is 0.134 e. The summed E-state index contributed by atoms with van der Waals surface area (Å²) in [7, 11) is 0. The van der Waals surface area contributed by atoms with Gasteiger partial charge in [0.1, 0.15) is 18.5 Å². The second kappa shape index (κ2) is 14.0. The van der Waals surface area contributed by atoms with Gasteiger partial charge in [-0.1, -0.05) is 96.3 Å². The second-order valence-corrected chi connectivity index (χ2v) is 8.99. The van der Waals surface area contributed by atoms with Crippen molar-refractivity contribution in [3.8, 4) is 5.75 Å². The maximum absolute atomic E-state index is 14.6. The molecule has 0 bridgehead atoms. The molecule has 1 nitrogen and oxygen atoms in total. The Morgan fingerprint density at radius 1 is 0.929 bits per heavy atom. The molecule has 2 atom stereocenters. The quantitative estimate of drug-likeness (QED) is 0.290. The Morgan fingerprint density at radius 2 is 1.64 bits per heavy atom. The molecule has 28 heavy (non-hydrogen) atoms. The van der Waals surface area contributed by atoms with E-state index >= 15 is 0 Å². The lowest BCUT2D eigenvalue weighted by atomic mass is 9.72. The molecule has 0 aliphatic heterocycles. The Labute approximate surface area is 173 Å². The van der Waals surface area contributed by atoms with Crippen molar-refractivity contribution >= 4 is 0 Å². The van der Waals surface area contributed by atoms with Gasteiger partial charge in [0.2, 0.25) is 0 Å². The predicted molar refractivity (Wildman–Crippen MR) is 119 cm³/mol. The van der Waals surface area contributed by atoms with Gasteiger partial charge in [0.15, 0.2) is 0 Å². The van der Waals surface area contributed by atoms with Crippen LogP contribution in [0.15, 0.2) is 30.3 Å². The van der Waals surface area contributed by atoms with Crippen LogP contribution < -0.4 is 4.74 Å². The third-order valence-electron chi connectivity index (χ3n) is 6.67. The number of hydrogen-bond acceptors (Lipinski definition) is 1. The fourth-order valence-electron chi connectivity index (χ4n) is 5.00. The van der Waals surface area contributed by atoms with Gasteiger partial charge in [-0.3, -0.25) is 0 Å². The van der Waals surface area contributed by atoms with Crippen molar-refractivity contribution in [3.63, 3.8) is 0 Å². The molecule has 0 amide bonds. The van der Waals surface area contributed by atoms with E-state index < -0.39 is 6.17 Å². The summed E-state index contributed by atoms with van der Waals surface area (Å²) in [5.41, 5.74) is 0. The highest BCUT2D eigenvalue weighted by Gasteiger charge is 2.29. The lowest BCUT2D eigenvalue weighted by molar-refractivity contribution is 0.120. The third-order valence-corrected chi connectivity index (χ3v) is 6.67. The predicted octanol–water partition coefficient (Wildman–Crippen LogP) is 8.38. The molecule has 2 heteroatoms. The molecule has 1 aliphatic carbocycles. The zero-order valence-electron chi connectivity index (χ0n) is 18.4. The lowest BCUT2D eigenvalue weighted by Gasteiger charge is -2.34. The average molecular weight is 391 g/mol. The van der Waals surface area contributed by atoms with E-state index in [-0.39, 0.29) is 6.61 Å². The normalized spacial score (nSPS) is 22.0. The van der Waals surface area contributed by atoms with Gasteiger partial charge in [-0.05, 0) is 49.1 Å². The summed E-state index contributed by atoms with van der Waals surface area (Å²) in [4.78, 5) is 0. The van der Waals surface area contributed by atoms with Crippen LogP contribution in [-0.4, -0.2) is 12.8 Å². The van der Waals surface area contributed by atoms with Crippen LogP contribution in [0.2, 0.25) is 0 Å². The van der Waals surface area contributed by atoms with Crippen LogP contribution in [0, 0.1) is 17.8 Å². The Hall–Kier alpha value is -1.05. The number of rotatable bonds is 14. The van der Waals surface area contributed by atoms with Crippen molar-refractivity contribution in [1.29, 1.82) is 0 Å². The van der Waals surface area contributed by atoms with E-state index in [1.165, 1.54) is 64.2 Å². The SMILES string of the molecule is CCCCCCCC1CCC(C(CCC)CC(F)COc2ccccc2)CC1. The van der Waals surface area contributed by atoms with Crippen molar-refractivity contribution < 1.29 is 9.13 Å². The van der Waals surface area contributed by atoms with Gasteiger partial charge in [-0.2, -0.15) is 0 Å². The zero-order valence-corrected chi connectivity index (χ0v) is 18.4. The van der Waals surface area contributed by atoms with Crippen molar-refractivity contribution in [2.75, 3.05) is 6.61 Å². The van der Waals surface area contributed by atoms with Gasteiger partial charge >= 0.3 is 0 Å². The number of unbranched alkanes of at least 4 members (excludes halogenated alkanes) is 4. The summed E-state index contributed by atoms with van der Waals surface area (Å²) in [5.74, 6) is 2.97. The molecule has 0 N–H and O–H groups in total. The molecule has 0 aromatic heterocycles. The van der Waals surface area contributed by atoms with Crippen LogP contribution in [-0.2, 0) is 0 Å².